The van der Waals surface area contributed by atoms with E-state index in [-0.39, 0.29) is 5.75 Å². The summed E-state index contributed by atoms with van der Waals surface area (Å²) in [4.78, 5) is 11.3. The summed E-state index contributed by atoms with van der Waals surface area (Å²) in [6.07, 6.45) is 7.10. The first-order valence-electron chi connectivity index (χ1n) is 9.91. The standard InChI is InChI=1S/C24H28O4/c1-24(2,23(26)27)28-21-15-11-19(12-16-21)22(17-7-5-3-4-6-8-17)18-9-13-20(25)14-10-18/h9-16,25H,3-8H2,1-2H3,(H,26,27). The Hall–Kier alpha value is -2.75. The summed E-state index contributed by atoms with van der Waals surface area (Å²) < 4.78 is 5.64. The highest BCUT2D eigenvalue weighted by molar-refractivity contribution is 5.82. The van der Waals surface area contributed by atoms with Crippen LogP contribution in [-0.2, 0) is 4.79 Å². The lowest BCUT2D eigenvalue weighted by atomic mass is 9.89. The Morgan fingerprint density at radius 1 is 0.857 bits per heavy atom. The maximum absolute atomic E-state index is 11.3. The highest BCUT2D eigenvalue weighted by Crippen LogP contribution is 2.35. The molecule has 0 spiro atoms. The second kappa shape index (κ2) is 8.51. The van der Waals surface area contributed by atoms with Gasteiger partial charge in [-0.05, 0) is 80.5 Å². The van der Waals surface area contributed by atoms with Gasteiger partial charge in [0.2, 0.25) is 0 Å². The third-order valence-electron chi connectivity index (χ3n) is 5.25. The van der Waals surface area contributed by atoms with Crippen molar-refractivity contribution >= 4 is 11.5 Å². The summed E-state index contributed by atoms with van der Waals surface area (Å²) >= 11 is 0. The number of rotatable bonds is 5. The van der Waals surface area contributed by atoms with Crippen molar-refractivity contribution in [2.75, 3.05) is 0 Å². The van der Waals surface area contributed by atoms with Crippen molar-refractivity contribution in [1.29, 1.82) is 0 Å². The number of allylic oxidation sites excluding steroid dienone is 1. The molecule has 0 aliphatic heterocycles. The van der Waals surface area contributed by atoms with Gasteiger partial charge in [-0.3, -0.25) is 0 Å². The summed E-state index contributed by atoms with van der Waals surface area (Å²) in [6, 6.07) is 15.0. The first kappa shape index (κ1) is 20.0. The largest absolute Gasteiger partial charge is 0.508 e. The number of ether oxygens (including phenoxy) is 1. The van der Waals surface area contributed by atoms with Crippen molar-refractivity contribution in [2.24, 2.45) is 0 Å². The van der Waals surface area contributed by atoms with E-state index in [0.29, 0.717) is 5.75 Å². The molecule has 0 unspecified atom stereocenters. The van der Waals surface area contributed by atoms with Gasteiger partial charge in [0.1, 0.15) is 11.5 Å². The molecular formula is C24H28O4. The van der Waals surface area contributed by atoms with Crippen LogP contribution in [0, 0.1) is 0 Å². The van der Waals surface area contributed by atoms with E-state index in [9.17, 15) is 15.0 Å². The average Bonchev–Trinajstić information content (AvgIpc) is 2.94. The van der Waals surface area contributed by atoms with Crippen molar-refractivity contribution < 1.29 is 19.7 Å². The van der Waals surface area contributed by atoms with Crippen molar-refractivity contribution in [3.05, 3.63) is 65.2 Å². The van der Waals surface area contributed by atoms with Crippen LogP contribution in [-0.4, -0.2) is 21.8 Å². The van der Waals surface area contributed by atoms with Crippen LogP contribution in [0.3, 0.4) is 0 Å². The second-order valence-corrected chi connectivity index (χ2v) is 7.88. The van der Waals surface area contributed by atoms with Crippen LogP contribution in [0.15, 0.2) is 54.1 Å². The summed E-state index contributed by atoms with van der Waals surface area (Å²) in [7, 11) is 0. The fraction of sp³-hybridized carbons (Fsp3) is 0.375. The molecule has 2 N–H and O–H groups in total. The topological polar surface area (TPSA) is 66.8 Å². The highest BCUT2D eigenvalue weighted by Gasteiger charge is 2.29. The van der Waals surface area contributed by atoms with E-state index in [1.54, 1.807) is 26.0 Å². The molecule has 1 saturated carbocycles. The van der Waals surface area contributed by atoms with Gasteiger partial charge in [0.15, 0.2) is 5.60 Å². The third kappa shape index (κ3) is 4.75. The lowest BCUT2D eigenvalue weighted by Crippen LogP contribution is -2.37. The minimum atomic E-state index is -1.28. The van der Waals surface area contributed by atoms with Gasteiger partial charge in [-0.1, -0.05) is 42.7 Å². The quantitative estimate of drug-likeness (QED) is 0.644. The fourth-order valence-electron chi connectivity index (χ4n) is 3.64. The van der Waals surface area contributed by atoms with Crippen molar-refractivity contribution in [2.45, 2.75) is 58.0 Å². The number of phenols is 1. The second-order valence-electron chi connectivity index (χ2n) is 7.88. The zero-order chi connectivity index (χ0) is 20.1. The van der Waals surface area contributed by atoms with E-state index in [4.69, 9.17) is 4.74 Å². The van der Waals surface area contributed by atoms with Crippen LogP contribution in [0.25, 0.3) is 5.57 Å². The maximum Gasteiger partial charge on any atom is 0.347 e. The summed E-state index contributed by atoms with van der Waals surface area (Å²) in [5.74, 6) is -0.206. The Morgan fingerprint density at radius 2 is 1.36 bits per heavy atom. The molecular weight excluding hydrogens is 352 g/mol. The van der Waals surface area contributed by atoms with Gasteiger partial charge in [-0.2, -0.15) is 0 Å². The minimum Gasteiger partial charge on any atom is -0.508 e. The monoisotopic (exact) mass is 380 g/mol. The molecule has 1 aliphatic rings. The maximum atomic E-state index is 11.3. The molecule has 1 aliphatic carbocycles. The van der Waals surface area contributed by atoms with Gasteiger partial charge >= 0.3 is 5.97 Å². The smallest absolute Gasteiger partial charge is 0.347 e. The molecule has 0 atom stereocenters. The number of benzene rings is 2. The predicted octanol–water partition coefficient (Wildman–Crippen LogP) is 5.79. The van der Waals surface area contributed by atoms with Crippen LogP contribution in [0.5, 0.6) is 11.5 Å². The Bertz CT molecular complexity index is 835. The zero-order valence-corrected chi connectivity index (χ0v) is 16.6. The molecule has 3 rings (SSSR count). The third-order valence-corrected chi connectivity index (χ3v) is 5.25. The average molecular weight is 380 g/mol. The Labute approximate surface area is 166 Å². The molecule has 4 heteroatoms. The van der Waals surface area contributed by atoms with Gasteiger partial charge < -0.3 is 14.9 Å². The van der Waals surface area contributed by atoms with E-state index < -0.39 is 11.6 Å². The number of hydrogen-bond acceptors (Lipinski definition) is 3. The van der Waals surface area contributed by atoms with E-state index in [0.717, 1.165) is 24.0 Å². The molecule has 4 nitrogen and oxygen atoms in total. The Balaban J connectivity index is 1.97. The van der Waals surface area contributed by atoms with Crippen LogP contribution < -0.4 is 4.74 Å². The minimum absolute atomic E-state index is 0.258. The van der Waals surface area contributed by atoms with Crippen molar-refractivity contribution in [3.63, 3.8) is 0 Å². The number of aliphatic carboxylic acids is 1. The summed E-state index contributed by atoms with van der Waals surface area (Å²) in [6.45, 7) is 3.08. The van der Waals surface area contributed by atoms with E-state index >= 15 is 0 Å². The first-order chi connectivity index (χ1) is 13.4. The summed E-state index contributed by atoms with van der Waals surface area (Å²) in [5.41, 5.74) is 3.56. The molecule has 0 radical (unpaired) electrons. The molecule has 2 aromatic rings. The van der Waals surface area contributed by atoms with Crippen LogP contribution in [0.2, 0.25) is 0 Å². The normalized spacial score (nSPS) is 15.0. The van der Waals surface area contributed by atoms with Crippen LogP contribution >= 0.6 is 0 Å². The molecule has 0 amide bonds. The number of carbonyl (C=O) groups is 1. The van der Waals surface area contributed by atoms with Gasteiger partial charge in [0, 0.05) is 0 Å². The molecule has 0 heterocycles. The number of hydrogen-bond donors (Lipinski definition) is 2. The van der Waals surface area contributed by atoms with E-state index in [1.165, 1.54) is 36.8 Å². The molecule has 2 aromatic carbocycles. The SMILES string of the molecule is CC(C)(Oc1ccc(C(=C2CCCCCC2)c2ccc(O)cc2)cc1)C(=O)O. The Morgan fingerprint density at radius 3 is 1.86 bits per heavy atom. The summed E-state index contributed by atoms with van der Waals surface area (Å²) in [5, 5.41) is 18.9. The predicted molar refractivity (Wildman–Crippen MR) is 111 cm³/mol. The Kier molecular flexibility index (Phi) is 6.08. The zero-order valence-electron chi connectivity index (χ0n) is 16.6. The molecule has 0 bridgehead atoms. The molecule has 28 heavy (non-hydrogen) atoms. The van der Waals surface area contributed by atoms with E-state index in [2.05, 4.69) is 0 Å². The fourth-order valence-corrected chi connectivity index (χ4v) is 3.64. The molecule has 0 saturated heterocycles. The molecule has 0 aromatic heterocycles. The van der Waals surface area contributed by atoms with Gasteiger partial charge in [0.05, 0.1) is 0 Å². The van der Waals surface area contributed by atoms with Gasteiger partial charge in [-0.15, -0.1) is 0 Å². The van der Waals surface area contributed by atoms with Crippen molar-refractivity contribution in [1.82, 2.24) is 0 Å². The van der Waals surface area contributed by atoms with Crippen LogP contribution in [0.1, 0.15) is 63.5 Å². The molecule has 1 fully saturated rings. The number of carboxylic acids is 1. The first-order valence-corrected chi connectivity index (χ1v) is 9.91. The lowest BCUT2D eigenvalue weighted by molar-refractivity contribution is -0.152. The van der Waals surface area contributed by atoms with Crippen LogP contribution in [0.4, 0.5) is 0 Å². The number of carboxylic acid groups (broad SMARTS) is 1. The van der Waals surface area contributed by atoms with Gasteiger partial charge in [0.25, 0.3) is 0 Å². The van der Waals surface area contributed by atoms with E-state index in [1.807, 2.05) is 36.4 Å². The lowest BCUT2D eigenvalue weighted by Gasteiger charge is -2.22. The number of phenolic OH excluding ortho intramolecular Hbond substituents is 1. The van der Waals surface area contributed by atoms with Gasteiger partial charge in [-0.25, -0.2) is 4.79 Å². The molecule has 148 valence electrons. The number of aromatic hydroxyl groups is 1. The van der Waals surface area contributed by atoms with Crippen molar-refractivity contribution in [3.8, 4) is 11.5 Å². The highest BCUT2D eigenvalue weighted by atomic mass is 16.5.